The number of carbonyl (C=O) groups is 2. The van der Waals surface area contributed by atoms with Crippen LogP contribution >= 0.6 is 0 Å². The second-order valence-corrected chi connectivity index (χ2v) is 9.52. The van der Waals surface area contributed by atoms with Gasteiger partial charge in [0.05, 0.1) is 0 Å². The SMILES string of the molecule is CC(C)(C)c1ccc(C(=O)Nc2ccc(-c3noc(C4CCC(OC=O)CC4)n3)cc2)cc1. The van der Waals surface area contributed by atoms with Gasteiger partial charge in [-0.2, -0.15) is 4.98 Å². The molecule has 1 amide bonds. The molecule has 0 spiro atoms. The first-order chi connectivity index (χ1) is 15.8. The monoisotopic (exact) mass is 447 g/mol. The van der Waals surface area contributed by atoms with Gasteiger partial charge in [0.1, 0.15) is 6.10 Å². The number of hydrogen-bond acceptors (Lipinski definition) is 6. The number of rotatable bonds is 6. The summed E-state index contributed by atoms with van der Waals surface area (Å²) >= 11 is 0. The van der Waals surface area contributed by atoms with Crippen molar-refractivity contribution in [2.24, 2.45) is 0 Å². The molecule has 1 aliphatic rings. The third kappa shape index (κ3) is 5.48. The lowest BCUT2D eigenvalue weighted by atomic mass is 9.87. The molecule has 1 N–H and O–H groups in total. The third-order valence-electron chi connectivity index (χ3n) is 6.13. The summed E-state index contributed by atoms with van der Waals surface area (Å²) in [5, 5.41) is 7.05. The predicted molar refractivity (Wildman–Crippen MR) is 125 cm³/mol. The van der Waals surface area contributed by atoms with Crippen molar-refractivity contribution in [1.29, 1.82) is 0 Å². The van der Waals surface area contributed by atoms with Crippen molar-refractivity contribution in [1.82, 2.24) is 10.1 Å². The van der Waals surface area contributed by atoms with Crippen molar-refractivity contribution in [3.63, 3.8) is 0 Å². The van der Waals surface area contributed by atoms with Crippen LogP contribution in [0.3, 0.4) is 0 Å². The average Bonchev–Trinajstić information content (AvgIpc) is 3.30. The molecule has 3 aromatic rings. The highest BCUT2D eigenvalue weighted by Gasteiger charge is 2.27. The van der Waals surface area contributed by atoms with Crippen LogP contribution in [0.4, 0.5) is 5.69 Å². The lowest BCUT2D eigenvalue weighted by Crippen LogP contribution is -2.20. The Labute approximate surface area is 193 Å². The van der Waals surface area contributed by atoms with E-state index in [1.807, 2.05) is 48.5 Å². The molecule has 0 radical (unpaired) electrons. The van der Waals surface area contributed by atoms with Gasteiger partial charge in [-0.05, 0) is 73.1 Å². The summed E-state index contributed by atoms with van der Waals surface area (Å²) in [6, 6.07) is 15.1. The fraction of sp³-hybridized carbons (Fsp3) is 0.385. The largest absolute Gasteiger partial charge is 0.465 e. The van der Waals surface area contributed by atoms with Crippen LogP contribution in [0.1, 0.15) is 74.2 Å². The second-order valence-electron chi connectivity index (χ2n) is 9.52. The molecule has 0 saturated heterocycles. The number of benzene rings is 2. The first kappa shape index (κ1) is 22.7. The van der Waals surface area contributed by atoms with Gasteiger partial charge in [-0.3, -0.25) is 9.59 Å². The van der Waals surface area contributed by atoms with E-state index in [9.17, 15) is 9.59 Å². The van der Waals surface area contributed by atoms with Gasteiger partial charge in [0.25, 0.3) is 12.4 Å². The summed E-state index contributed by atoms with van der Waals surface area (Å²) in [5.41, 5.74) is 3.36. The Bertz CT molecular complexity index is 1090. The van der Waals surface area contributed by atoms with E-state index in [0.29, 0.717) is 29.4 Å². The van der Waals surface area contributed by atoms with E-state index in [1.54, 1.807) is 0 Å². The van der Waals surface area contributed by atoms with Crippen LogP contribution in [0, 0.1) is 0 Å². The highest BCUT2D eigenvalue weighted by Crippen LogP contribution is 2.34. The second kappa shape index (κ2) is 9.57. The van der Waals surface area contributed by atoms with Crippen molar-refractivity contribution in [2.45, 2.75) is 63.9 Å². The molecule has 7 heteroatoms. The normalized spacial score (nSPS) is 18.5. The molecule has 172 valence electrons. The van der Waals surface area contributed by atoms with Gasteiger partial charge in [0.2, 0.25) is 11.7 Å². The van der Waals surface area contributed by atoms with E-state index < -0.39 is 0 Å². The highest BCUT2D eigenvalue weighted by atomic mass is 16.5. The molecule has 1 aliphatic carbocycles. The smallest absolute Gasteiger partial charge is 0.293 e. The molecule has 1 saturated carbocycles. The summed E-state index contributed by atoms with van der Waals surface area (Å²) in [7, 11) is 0. The maximum Gasteiger partial charge on any atom is 0.293 e. The quantitative estimate of drug-likeness (QED) is 0.503. The first-order valence-corrected chi connectivity index (χ1v) is 11.3. The Hall–Kier alpha value is -3.48. The summed E-state index contributed by atoms with van der Waals surface area (Å²) in [6.45, 7) is 6.95. The van der Waals surface area contributed by atoms with Gasteiger partial charge in [-0.1, -0.05) is 38.1 Å². The average molecular weight is 448 g/mol. The first-order valence-electron chi connectivity index (χ1n) is 11.3. The van der Waals surface area contributed by atoms with Gasteiger partial charge >= 0.3 is 0 Å². The molecule has 0 unspecified atom stereocenters. The van der Waals surface area contributed by atoms with Crippen LogP contribution in [-0.2, 0) is 14.9 Å². The summed E-state index contributed by atoms with van der Waals surface area (Å²) in [4.78, 5) is 27.7. The molecule has 0 atom stereocenters. The molecule has 33 heavy (non-hydrogen) atoms. The van der Waals surface area contributed by atoms with E-state index in [0.717, 1.165) is 31.2 Å². The minimum absolute atomic E-state index is 0.0136. The number of carbonyl (C=O) groups excluding carboxylic acids is 2. The Morgan fingerprint density at radius 3 is 2.30 bits per heavy atom. The molecule has 1 aromatic heterocycles. The Balaban J connectivity index is 1.37. The van der Waals surface area contributed by atoms with Crippen LogP contribution in [-0.4, -0.2) is 28.6 Å². The molecular weight excluding hydrogens is 418 g/mol. The van der Waals surface area contributed by atoms with Crippen molar-refractivity contribution >= 4 is 18.1 Å². The molecular formula is C26H29N3O4. The fourth-order valence-corrected chi connectivity index (χ4v) is 4.07. The Morgan fingerprint density at radius 2 is 1.70 bits per heavy atom. The van der Waals surface area contributed by atoms with Gasteiger partial charge in [0.15, 0.2) is 0 Å². The molecule has 2 aromatic carbocycles. The van der Waals surface area contributed by atoms with E-state index in [4.69, 9.17) is 9.26 Å². The van der Waals surface area contributed by atoms with Crippen molar-refractivity contribution in [3.05, 3.63) is 65.5 Å². The topological polar surface area (TPSA) is 94.3 Å². The molecule has 4 rings (SSSR count). The fourth-order valence-electron chi connectivity index (χ4n) is 4.07. The number of amides is 1. The predicted octanol–water partition coefficient (Wildman–Crippen LogP) is 5.49. The summed E-state index contributed by atoms with van der Waals surface area (Å²) in [6.07, 6.45) is 3.28. The number of aromatic nitrogens is 2. The maximum absolute atomic E-state index is 12.6. The number of nitrogens with one attached hydrogen (secondary N) is 1. The lowest BCUT2D eigenvalue weighted by Gasteiger charge is -2.24. The van der Waals surface area contributed by atoms with Crippen molar-refractivity contribution in [2.75, 3.05) is 5.32 Å². The van der Waals surface area contributed by atoms with Crippen molar-refractivity contribution in [3.8, 4) is 11.4 Å². The number of anilines is 1. The molecule has 7 nitrogen and oxygen atoms in total. The van der Waals surface area contributed by atoms with E-state index >= 15 is 0 Å². The number of hydrogen-bond donors (Lipinski definition) is 1. The zero-order valence-electron chi connectivity index (χ0n) is 19.2. The van der Waals surface area contributed by atoms with Gasteiger partial charge < -0.3 is 14.6 Å². The summed E-state index contributed by atoms with van der Waals surface area (Å²) in [5.74, 6) is 1.16. The van der Waals surface area contributed by atoms with Gasteiger partial charge in [-0.15, -0.1) is 0 Å². The molecule has 0 bridgehead atoms. The van der Waals surface area contributed by atoms with Crippen LogP contribution in [0.5, 0.6) is 0 Å². The van der Waals surface area contributed by atoms with Crippen LogP contribution < -0.4 is 5.32 Å². The van der Waals surface area contributed by atoms with Crippen LogP contribution in [0.2, 0.25) is 0 Å². The molecule has 1 fully saturated rings. The molecule has 1 heterocycles. The number of ether oxygens (including phenoxy) is 1. The van der Waals surface area contributed by atoms with Crippen molar-refractivity contribution < 1.29 is 18.8 Å². The van der Waals surface area contributed by atoms with Crippen LogP contribution in [0.15, 0.2) is 53.1 Å². The maximum atomic E-state index is 12.6. The highest BCUT2D eigenvalue weighted by molar-refractivity contribution is 6.04. The van der Waals surface area contributed by atoms with Gasteiger partial charge in [0, 0.05) is 22.7 Å². The molecule has 0 aliphatic heterocycles. The number of nitrogens with zero attached hydrogens (tertiary/aromatic N) is 2. The summed E-state index contributed by atoms with van der Waals surface area (Å²) < 4.78 is 10.5. The zero-order valence-corrected chi connectivity index (χ0v) is 19.2. The third-order valence-corrected chi connectivity index (χ3v) is 6.13. The zero-order chi connectivity index (χ0) is 23.4. The standard InChI is InChI=1S/C26H29N3O4/c1-26(2,3)20-10-4-18(5-11-20)24(31)27-21-12-6-17(7-13-21)23-28-25(33-29-23)19-8-14-22(15-9-19)32-16-30/h4-7,10-13,16,19,22H,8-9,14-15H2,1-3H3,(H,27,31). The lowest BCUT2D eigenvalue weighted by molar-refractivity contribution is -0.135. The Morgan fingerprint density at radius 1 is 1.03 bits per heavy atom. The Kier molecular flexibility index (Phi) is 6.58. The van der Waals surface area contributed by atoms with E-state index in [-0.39, 0.29) is 23.3 Å². The minimum Gasteiger partial charge on any atom is -0.465 e. The van der Waals surface area contributed by atoms with E-state index in [1.165, 1.54) is 5.56 Å². The van der Waals surface area contributed by atoms with E-state index in [2.05, 4.69) is 36.2 Å². The minimum atomic E-state index is -0.154. The van der Waals surface area contributed by atoms with Gasteiger partial charge in [-0.25, -0.2) is 0 Å². The van der Waals surface area contributed by atoms with Crippen LogP contribution in [0.25, 0.3) is 11.4 Å².